The molecule has 0 fully saturated rings. The van der Waals surface area contributed by atoms with Crippen molar-refractivity contribution in [3.8, 4) is 16.9 Å². The summed E-state index contributed by atoms with van der Waals surface area (Å²) in [4.78, 5) is 15.2. The summed E-state index contributed by atoms with van der Waals surface area (Å²) in [6.45, 7) is 3.73. The average Bonchev–Trinajstić information content (AvgIpc) is 3.07. The molecule has 0 unspecified atom stereocenters. The number of nitrogens with zero attached hydrogens (tertiary/aromatic N) is 6. The lowest BCUT2D eigenvalue weighted by atomic mass is 10.2. The molecule has 0 aromatic carbocycles. The van der Waals surface area contributed by atoms with Crippen LogP contribution >= 0.6 is 0 Å². The highest BCUT2D eigenvalue weighted by molar-refractivity contribution is 5.87. The number of aromatic nitrogens is 6. The van der Waals surface area contributed by atoms with Crippen LogP contribution in [0.5, 0.6) is 0 Å². The smallest absolute Gasteiger partial charge is 0.337 e. The summed E-state index contributed by atoms with van der Waals surface area (Å²) in [7, 11) is 1.85. The Labute approximate surface area is 126 Å². The van der Waals surface area contributed by atoms with E-state index in [1.54, 1.807) is 24.0 Å². The Morgan fingerprint density at radius 2 is 2.05 bits per heavy atom. The second-order valence-electron chi connectivity index (χ2n) is 4.95. The second-order valence-corrected chi connectivity index (χ2v) is 4.95. The quantitative estimate of drug-likeness (QED) is 0.784. The van der Waals surface area contributed by atoms with E-state index in [0.717, 1.165) is 11.3 Å². The number of carbonyl (C=O) groups is 1. The first-order valence-corrected chi connectivity index (χ1v) is 6.59. The van der Waals surface area contributed by atoms with Gasteiger partial charge in [-0.05, 0) is 19.9 Å². The molecule has 0 atom stereocenters. The van der Waals surface area contributed by atoms with E-state index < -0.39 is 5.97 Å². The maximum Gasteiger partial charge on any atom is 0.337 e. The van der Waals surface area contributed by atoms with Crippen molar-refractivity contribution in [1.82, 2.24) is 29.8 Å². The molecule has 3 heterocycles. The van der Waals surface area contributed by atoms with E-state index in [1.165, 1.54) is 16.9 Å². The third-order valence-corrected chi connectivity index (χ3v) is 3.56. The SMILES string of the molecule is Cc1ncc(C(=O)O)cc1-n1cc(-c2cnn(C)c2C)nn1. The van der Waals surface area contributed by atoms with Crippen LogP contribution in [-0.4, -0.2) is 40.8 Å². The van der Waals surface area contributed by atoms with Crippen molar-refractivity contribution < 1.29 is 9.90 Å². The van der Waals surface area contributed by atoms with Crippen LogP contribution in [0.2, 0.25) is 0 Å². The first-order valence-electron chi connectivity index (χ1n) is 6.59. The fraction of sp³-hybridized carbons (Fsp3) is 0.214. The molecule has 8 nitrogen and oxygen atoms in total. The molecule has 0 bridgehead atoms. The van der Waals surface area contributed by atoms with Crippen molar-refractivity contribution >= 4 is 5.97 Å². The lowest BCUT2D eigenvalue weighted by Gasteiger charge is -2.04. The number of aromatic carboxylic acids is 1. The van der Waals surface area contributed by atoms with Gasteiger partial charge in [-0.2, -0.15) is 5.10 Å². The summed E-state index contributed by atoms with van der Waals surface area (Å²) in [5.74, 6) is -1.03. The van der Waals surface area contributed by atoms with Crippen LogP contribution in [0.15, 0.2) is 24.7 Å². The number of carboxylic acid groups (broad SMARTS) is 1. The number of aryl methyl sites for hydroxylation is 2. The molecule has 0 radical (unpaired) electrons. The zero-order valence-corrected chi connectivity index (χ0v) is 12.3. The Kier molecular flexibility index (Phi) is 3.21. The number of carboxylic acids is 1. The lowest BCUT2D eigenvalue weighted by Crippen LogP contribution is -2.04. The molecule has 3 rings (SSSR count). The predicted octanol–water partition coefficient (Wildman–Crippen LogP) is 1.38. The van der Waals surface area contributed by atoms with Crippen molar-refractivity contribution in [2.75, 3.05) is 0 Å². The highest BCUT2D eigenvalue weighted by atomic mass is 16.4. The van der Waals surface area contributed by atoms with Gasteiger partial charge in [-0.15, -0.1) is 5.10 Å². The van der Waals surface area contributed by atoms with Gasteiger partial charge in [0.05, 0.1) is 29.3 Å². The lowest BCUT2D eigenvalue weighted by molar-refractivity contribution is 0.0696. The van der Waals surface area contributed by atoms with Gasteiger partial charge in [0.2, 0.25) is 0 Å². The minimum absolute atomic E-state index is 0.107. The number of hydrogen-bond acceptors (Lipinski definition) is 5. The molecule has 0 aliphatic heterocycles. The van der Waals surface area contributed by atoms with Gasteiger partial charge in [0.1, 0.15) is 5.69 Å². The summed E-state index contributed by atoms with van der Waals surface area (Å²) >= 11 is 0. The van der Waals surface area contributed by atoms with Gasteiger partial charge >= 0.3 is 5.97 Å². The highest BCUT2D eigenvalue weighted by Crippen LogP contribution is 2.21. The van der Waals surface area contributed by atoms with Gasteiger partial charge in [0, 0.05) is 24.5 Å². The van der Waals surface area contributed by atoms with Gasteiger partial charge in [0.15, 0.2) is 0 Å². The van der Waals surface area contributed by atoms with Crippen LogP contribution in [0.1, 0.15) is 21.7 Å². The third kappa shape index (κ3) is 2.24. The van der Waals surface area contributed by atoms with Crippen LogP contribution in [0.25, 0.3) is 16.9 Å². The van der Waals surface area contributed by atoms with Gasteiger partial charge < -0.3 is 5.11 Å². The van der Waals surface area contributed by atoms with Crippen molar-refractivity contribution in [3.05, 3.63) is 41.6 Å². The van der Waals surface area contributed by atoms with Crippen LogP contribution in [-0.2, 0) is 7.05 Å². The molecule has 0 amide bonds. The summed E-state index contributed by atoms with van der Waals surface area (Å²) in [5, 5.41) is 21.5. The van der Waals surface area contributed by atoms with Crippen molar-refractivity contribution in [1.29, 1.82) is 0 Å². The minimum Gasteiger partial charge on any atom is -0.478 e. The standard InChI is InChI=1S/C14H14N6O2/c1-8-13(4-10(5-15-8)14(21)22)20-7-12(17-18-20)11-6-16-19(3)9(11)2/h4-7H,1-3H3,(H,21,22). The maximum atomic E-state index is 11.1. The van der Waals surface area contributed by atoms with E-state index in [2.05, 4.69) is 20.4 Å². The molecule has 22 heavy (non-hydrogen) atoms. The molecule has 0 aliphatic rings. The molecule has 3 aromatic heterocycles. The monoisotopic (exact) mass is 298 g/mol. The highest BCUT2D eigenvalue weighted by Gasteiger charge is 2.14. The fourth-order valence-electron chi connectivity index (χ4n) is 2.13. The van der Waals surface area contributed by atoms with Crippen LogP contribution < -0.4 is 0 Å². The van der Waals surface area contributed by atoms with Gasteiger partial charge in [-0.3, -0.25) is 9.67 Å². The number of rotatable bonds is 3. The molecule has 1 N–H and O–H groups in total. The van der Waals surface area contributed by atoms with Crippen molar-refractivity contribution in [3.63, 3.8) is 0 Å². The Morgan fingerprint density at radius 1 is 1.27 bits per heavy atom. The van der Waals surface area contributed by atoms with Crippen LogP contribution in [0.3, 0.4) is 0 Å². The van der Waals surface area contributed by atoms with Crippen LogP contribution in [0.4, 0.5) is 0 Å². The molecule has 0 saturated heterocycles. The Balaban J connectivity index is 2.06. The summed E-state index contributed by atoms with van der Waals surface area (Å²) in [6, 6.07) is 1.53. The summed E-state index contributed by atoms with van der Waals surface area (Å²) in [5.41, 5.74) is 3.89. The zero-order valence-electron chi connectivity index (χ0n) is 12.3. The van der Waals surface area contributed by atoms with E-state index in [9.17, 15) is 4.79 Å². The Bertz CT molecular complexity index is 864. The third-order valence-electron chi connectivity index (χ3n) is 3.56. The molecule has 0 saturated carbocycles. The average molecular weight is 298 g/mol. The molecule has 0 spiro atoms. The summed E-state index contributed by atoms with van der Waals surface area (Å²) in [6.07, 6.45) is 4.78. The molecular weight excluding hydrogens is 284 g/mol. The number of hydrogen-bond donors (Lipinski definition) is 1. The van der Waals surface area contributed by atoms with E-state index >= 15 is 0 Å². The molecule has 0 aliphatic carbocycles. The minimum atomic E-state index is -1.03. The van der Waals surface area contributed by atoms with E-state index in [1.807, 2.05) is 14.0 Å². The Hall–Kier alpha value is -3.03. The topological polar surface area (TPSA) is 98.7 Å². The van der Waals surface area contributed by atoms with Gasteiger partial charge in [-0.25, -0.2) is 9.48 Å². The Morgan fingerprint density at radius 3 is 2.68 bits per heavy atom. The molecule has 3 aromatic rings. The maximum absolute atomic E-state index is 11.1. The largest absolute Gasteiger partial charge is 0.478 e. The number of pyridine rings is 1. The second kappa shape index (κ2) is 5.06. The van der Waals surface area contributed by atoms with Crippen molar-refractivity contribution in [2.45, 2.75) is 13.8 Å². The van der Waals surface area contributed by atoms with Crippen LogP contribution in [0, 0.1) is 13.8 Å². The zero-order chi connectivity index (χ0) is 15.9. The van der Waals surface area contributed by atoms with Gasteiger partial charge in [-0.1, -0.05) is 5.21 Å². The first-order chi connectivity index (χ1) is 10.5. The van der Waals surface area contributed by atoms with Gasteiger partial charge in [0.25, 0.3) is 0 Å². The first kappa shape index (κ1) is 13.9. The molecule has 112 valence electrons. The van der Waals surface area contributed by atoms with E-state index in [-0.39, 0.29) is 5.56 Å². The molecular formula is C14H14N6O2. The summed E-state index contributed by atoms with van der Waals surface area (Å²) < 4.78 is 3.28. The molecule has 8 heteroatoms. The predicted molar refractivity (Wildman–Crippen MR) is 77.8 cm³/mol. The van der Waals surface area contributed by atoms with E-state index in [4.69, 9.17) is 5.11 Å². The van der Waals surface area contributed by atoms with Crippen molar-refractivity contribution in [2.24, 2.45) is 7.05 Å². The van der Waals surface area contributed by atoms with E-state index in [0.29, 0.717) is 17.1 Å². The fourth-order valence-corrected chi connectivity index (χ4v) is 2.13. The normalized spacial score (nSPS) is 10.9.